The van der Waals surface area contributed by atoms with Gasteiger partial charge in [0.2, 0.25) is 0 Å². The maximum atomic E-state index is 13.2. The van der Waals surface area contributed by atoms with Crippen molar-refractivity contribution in [2.75, 3.05) is 6.61 Å². The smallest absolute Gasteiger partial charge is 0.126 e. The van der Waals surface area contributed by atoms with E-state index in [-0.39, 0.29) is 11.9 Å². The molecule has 0 aliphatic heterocycles. The van der Waals surface area contributed by atoms with Crippen LogP contribution < -0.4 is 5.73 Å². The van der Waals surface area contributed by atoms with Gasteiger partial charge in [0, 0.05) is 6.61 Å². The summed E-state index contributed by atoms with van der Waals surface area (Å²) < 4.78 is 19.0. The molecular weight excluding hydrogens is 217 g/mol. The lowest BCUT2D eigenvalue weighted by molar-refractivity contribution is -0.0472. The van der Waals surface area contributed by atoms with Gasteiger partial charge in [0.05, 0.1) is 11.6 Å². The van der Waals surface area contributed by atoms with E-state index >= 15 is 0 Å². The lowest BCUT2D eigenvalue weighted by Crippen LogP contribution is -2.40. The van der Waals surface area contributed by atoms with E-state index in [1.807, 2.05) is 20.8 Å². The SMILES string of the molecule is CCOC(C)(CC)C(N)c1ccc(F)c(C)c1. The minimum atomic E-state index is -0.404. The Balaban J connectivity index is 3.01. The van der Waals surface area contributed by atoms with Gasteiger partial charge in [-0.25, -0.2) is 4.39 Å². The highest BCUT2D eigenvalue weighted by atomic mass is 19.1. The van der Waals surface area contributed by atoms with E-state index in [0.717, 1.165) is 12.0 Å². The summed E-state index contributed by atoms with van der Waals surface area (Å²) in [6, 6.07) is 4.76. The number of aryl methyl sites for hydroxylation is 1. The van der Waals surface area contributed by atoms with Gasteiger partial charge in [0.1, 0.15) is 5.82 Å². The third-order valence-corrected chi connectivity index (χ3v) is 3.38. The Morgan fingerprint density at radius 3 is 2.53 bits per heavy atom. The van der Waals surface area contributed by atoms with Crippen LogP contribution in [0.4, 0.5) is 4.39 Å². The molecule has 0 radical (unpaired) electrons. The Labute approximate surface area is 103 Å². The van der Waals surface area contributed by atoms with Crippen molar-refractivity contribution in [3.63, 3.8) is 0 Å². The summed E-state index contributed by atoms with van der Waals surface area (Å²) in [6.07, 6.45) is 0.818. The number of benzene rings is 1. The van der Waals surface area contributed by atoms with Gasteiger partial charge in [-0.15, -0.1) is 0 Å². The van der Waals surface area contributed by atoms with Gasteiger partial charge in [-0.1, -0.05) is 19.1 Å². The van der Waals surface area contributed by atoms with Gasteiger partial charge in [-0.2, -0.15) is 0 Å². The zero-order valence-electron chi connectivity index (χ0n) is 11.1. The molecule has 0 aliphatic rings. The normalized spacial score (nSPS) is 16.6. The first-order chi connectivity index (χ1) is 7.94. The number of nitrogens with two attached hydrogens (primary N) is 1. The topological polar surface area (TPSA) is 35.2 Å². The Morgan fingerprint density at radius 2 is 2.06 bits per heavy atom. The van der Waals surface area contributed by atoms with E-state index in [4.69, 9.17) is 10.5 Å². The molecule has 96 valence electrons. The fourth-order valence-corrected chi connectivity index (χ4v) is 1.96. The Morgan fingerprint density at radius 1 is 1.41 bits per heavy atom. The Hall–Kier alpha value is -0.930. The van der Waals surface area contributed by atoms with Gasteiger partial charge >= 0.3 is 0 Å². The number of halogens is 1. The largest absolute Gasteiger partial charge is 0.374 e. The van der Waals surface area contributed by atoms with E-state index in [1.54, 1.807) is 19.1 Å². The van der Waals surface area contributed by atoms with Crippen molar-refractivity contribution in [1.29, 1.82) is 0 Å². The molecule has 2 atom stereocenters. The molecule has 2 N–H and O–H groups in total. The molecule has 0 saturated carbocycles. The summed E-state index contributed by atoms with van der Waals surface area (Å²) in [4.78, 5) is 0. The van der Waals surface area contributed by atoms with Crippen molar-refractivity contribution in [3.8, 4) is 0 Å². The van der Waals surface area contributed by atoms with E-state index in [2.05, 4.69) is 0 Å². The standard InChI is InChI=1S/C14H22FNO/c1-5-14(4,17-6-2)13(16)11-7-8-12(15)10(3)9-11/h7-9,13H,5-6,16H2,1-4H3. The molecule has 0 fully saturated rings. The van der Waals surface area contributed by atoms with Gasteiger partial charge in [0.15, 0.2) is 0 Å². The number of hydrogen-bond donors (Lipinski definition) is 1. The quantitative estimate of drug-likeness (QED) is 0.855. The van der Waals surface area contributed by atoms with Gasteiger partial charge in [0.25, 0.3) is 0 Å². The summed E-state index contributed by atoms with van der Waals surface area (Å²) in [5.41, 5.74) is 7.37. The first kappa shape index (κ1) is 14.1. The van der Waals surface area contributed by atoms with Gasteiger partial charge in [-0.05, 0) is 44.4 Å². The molecule has 0 saturated heterocycles. The van der Waals surface area contributed by atoms with Crippen molar-refractivity contribution >= 4 is 0 Å². The highest BCUT2D eigenvalue weighted by Crippen LogP contribution is 2.30. The van der Waals surface area contributed by atoms with Crippen LogP contribution >= 0.6 is 0 Å². The maximum absolute atomic E-state index is 13.2. The van der Waals surface area contributed by atoms with Crippen molar-refractivity contribution < 1.29 is 9.13 Å². The van der Waals surface area contributed by atoms with Crippen molar-refractivity contribution in [2.24, 2.45) is 5.73 Å². The van der Waals surface area contributed by atoms with Gasteiger partial charge < -0.3 is 10.5 Å². The fourth-order valence-electron chi connectivity index (χ4n) is 1.96. The first-order valence-corrected chi connectivity index (χ1v) is 6.10. The summed E-state index contributed by atoms with van der Waals surface area (Å²) >= 11 is 0. The molecule has 2 nitrogen and oxygen atoms in total. The molecule has 3 heteroatoms. The lowest BCUT2D eigenvalue weighted by Gasteiger charge is -2.34. The Kier molecular flexibility index (Phi) is 4.66. The molecule has 2 unspecified atom stereocenters. The second-order valence-electron chi connectivity index (χ2n) is 4.59. The predicted molar refractivity (Wildman–Crippen MR) is 68.4 cm³/mol. The van der Waals surface area contributed by atoms with Crippen molar-refractivity contribution in [3.05, 3.63) is 35.1 Å². The number of ether oxygens (including phenoxy) is 1. The summed E-state index contributed by atoms with van der Waals surface area (Å²) in [5, 5.41) is 0. The van der Waals surface area contributed by atoms with Crippen LogP contribution in [0.15, 0.2) is 18.2 Å². The lowest BCUT2D eigenvalue weighted by atomic mass is 9.88. The average Bonchev–Trinajstić information content (AvgIpc) is 2.32. The number of rotatable bonds is 5. The summed E-state index contributed by atoms with van der Waals surface area (Å²) in [5.74, 6) is -0.199. The van der Waals surface area contributed by atoms with Crippen LogP contribution in [0.3, 0.4) is 0 Å². The van der Waals surface area contributed by atoms with Crippen LogP contribution in [0.25, 0.3) is 0 Å². The van der Waals surface area contributed by atoms with Crippen molar-refractivity contribution in [2.45, 2.75) is 45.8 Å². The van der Waals surface area contributed by atoms with Crippen LogP contribution in [-0.4, -0.2) is 12.2 Å². The third-order valence-electron chi connectivity index (χ3n) is 3.38. The van der Waals surface area contributed by atoms with Crippen molar-refractivity contribution in [1.82, 2.24) is 0 Å². The van der Waals surface area contributed by atoms with Crippen LogP contribution in [0, 0.1) is 12.7 Å². The molecule has 0 aliphatic carbocycles. The molecule has 0 amide bonds. The van der Waals surface area contributed by atoms with Crippen LogP contribution in [0.5, 0.6) is 0 Å². The molecule has 1 aromatic rings. The summed E-state index contributed by atoms with van der Waals surface area (Å²) in [6.45, 7) is 8.37. The second-order valence-corrected chi connectivity index (χ2v) is 4.59. The molecule has 0 bridgehead atoms. The van der Waals surface area contributed by atoms with Crippen LogP contribution in [-0.2, 0) is 4.74 Å². The molecule has 1 rings (SSSR count). The fraction of sp³-hybridized carbons (Fsp3) is 0.571. The molecule has 17 heavy (non-hydrogen) atoms. The molecule has 1 aromatic carbocycles. The Bertz CT molecular complexity index is 380. The molecule has 0 heterocycles. The van der Waals surface area contributed by atoms with Crippen LogP contribution in [0.2, 0.25) is 0 Å². The zero-order chi connectivity index (χ0) is 13.1. The van der Waals surface area contributed by atoms with Crippen LogP contribution in [0.1, 0.15) is 44.4 Å². The summed E-state index contributed by atoms with van der Waals surface area (Å²) in [7, 11) is 0. The predicted octanol–water partition coefficient (Wildman–Crippen LogP) is 3.34. The van der Waals surface area contributed by atoms with E-state index in [1.165, 1.54) is 6.07 Å². The monoisotopic (exact) mass is 239 g/mol. The van der Waals surface area contributed by atoms with E-state index in [0.29, 0.717) is 12.2 Å². The highest BCUT2D eigenvalue weighted by Gasteiger charge is 2.31. The molecule has 0 aromatic heterocycles. The molecular formula is C14H22FNO. The third kappa shape index (κ3) is 3.05. The second kappa shape index (κ2) is 5.61. The highest BCUT2D eigenvalue weighted by molar-refractivity contribution is 5.28. The maximum Gasteiger partial charge on any atom is 0.126 e. The van der Waals surface area contributed by atoms with E-state index in [9.17, 15) is 4.39 Å². The minimum Gasteiger partial charge on any atom is -0.374 e. The van der Waals surface area contributed by atoms with E-state index < -0.39 is 5.60 Å². The number of hydrogen-bond acceptors (Lipinski definition) is 2. The zero-order valence-corrected chi connectivity index (χ0v) is 11.1. The molecule has 0 spiro atoms. The average molecular weight is 239 g/mol. The first-order valence-electron chi connectivity index (χ1n) is 6.10. The minimum absolute atomic E-state index is 0.199. The van der Waals surface area contributed by atoms with Gasteiger partial charge in [-0.3, -0.25) is 0 Å².